The maximum absolute atomic E-state index is 13.3. The fourth-order valence-electron chi connectivity index (χ4n) is 4.43. The molecule has 158 valence electrons. The number of amides is 1. The number of para-hydroxylation sites is 1. The standard InChI is InChI=1S/C21H23N3O3S3/c25-21(15-9-12-23(13-10-15)30(26,27)19-8-4-14-28-19)24-11-3-6-17(24)20-22-16-5-1-2-7-18(16)29-20/h1-2,4-5,7-8,14-15,17H,3,6,9-13H2. The molecule has 9 heteroatoms. The topological polar surface area (TPSA) is 70.6 Å². The molecular weight excluding hydrogens is 438 g/mol. The molecule has 4 heterocycles. The summed E-state index contributed by atoms with van der Waals surface area (Å²) in [5.41, 5.74) is 0.990. The van der Waals surface area contributed by atoms with Gasteiger partial charge in [0.05, 0.1) is 16.3 Å². The van der Waals surface area contributed by atoms with Gasteiger partial charge in [-0.2, -0.15) is 4.31 Å². The number of thiazole rings is 1. The van der Waals surface area contributed by atoms with Gasteiger partial charge in [-0.15, -0.1) is 22.7 Å². The molecule has 1 amide bonds. The molecular formula is C21H23N3O3S3. The number of rotatable bonds is 4. The van der Waals surface area contributed by atoms with E-state index in [2.05, 4.69) is 6.07 Å². The van der Waals surface area contributed by atoms with Crippen LogP contribution in [0.4, 0.5) is 0 Å². The summed E-state index contributed by atoms with van der Waals surface area (Å²) in [6.45, 7) is 1.56. The minimum absolute atomic E-state index is 0.0442. The van der Waals surface area contributed by atoms with E-state index < -0.39 is 10.0 Å². The SMILES string of the molecule is O=C(C1CCN(S(=O)(=O)c2cccs2)CC1)N1CCCC1c1nc2ccccc2s1. The molecule has 2 aromatic heterocycles. The number of hydrogen-bond acceptors (Lipinski definition) is 6. The maximum atomic E-state index is 13.3. The second-order valence-electron chi connectivity index (χ2n) is 7.82. The van der Waals surface area contributed by atoms with E-state index in [1.54, 1.807) is 28.8 Å². The summed E-state index contributed by atoms with van der Waals surface area (Å²) in [5, 5.41) is 2.79. The van der Waals surface area contributed by atoms with Crippen molar-refractivity contribution in [3.05, 3.63) is 46.8 Å². The van der Waals surface area contributed by atoms with Crippen molar-refractivity contribution in [2.24, 2.45) is 5.92 Å². The Balaban J connectivity index is 1.28. The van der Waals surface area contributed by atoms with Crippen LogP contribution < -0.4 is 0 Å². The van der Waals surface area contributed by atoms with E-state index in [9.17, 15) is 13.2 Å². The molecule has 0 N–H and O–H groups in total. The van der Waals surface area contributed by atoms with Gasteiger partial charge in [0.2, 0.25) is 5.91 Å². The zero-order chi connectivity index (χ0) is 20.7. The van der Waals surface area contributed by atoms with Gasteiger partial charge in [-0.25, -0.2) is 13.4 Å². The van der Waals surface area contributed by atoms with E-state index >= 15 is 0 Å². The lowest BCUT2D eigenvalue weighted by Gasteiger charge is -2.33. The van der Waals surface area contributed by atoms with Crippen LogP contribution in [0.25, 0.3) is 10.2 Å². The third-order valence-electron chi connectivity index (χ3n) is 6.02. The highest BCUT2D eigenvalue weighted by molar-refractivity contribution is 7.91. The largest absolute Gasteiger partial charge is 0.333 e. The first kappa shape index (κ1) is 20.1. The minimum atomic E-state index is -3.44. The lowest BCUT2D eigenvalue weighted by molar-refractivity contribution is -0.137. The van der Waals surface area contributed by atoms with Crippen LogP contribution in [0.1, 0.15) is 36.7 Å². The number of hydrogen-bond donors (Lipinski definition) is 0. The van der Waals surface area contributed by atoms with Crippen LogP contribution in [0.15, 0.2) is 46.0 Å². The normalized spacial score (nSPS) is 21.5. The third-order valence-corrected chi connectivity index (χ3v) is 10.4. The van der Waals surface area contributed by atoms with Gasteiger partial charge in [-0.1, -0.05) is 18.2 Å². The molecule has 2 aliphatic heterocycles. The molecule has 1 atom stereocenters. The van der Waals surface area contributed by atoms with Crippen molar-refractivity contribution in [2.45, 2.75) is 35.9 Å². The second kappa shape index (κ2) is 8.03. The number of nitrogens with zero attached hydrogens (tertiary/aromatic N) is 3. The molecule has 1 aromatic carbocycles. The van der Waals surface area contributed by atoms with Crippen LogP contribution in [-0.4, -0.2) is 48.1 Å². The van der Waals surface area contributed by atoms with E-state index in [1.165, 1.54) is 15.6 Å². The molecule has 0 bridgehead atoms. The fourth-order valence-corrected chi connectivity index (χ4v) is 8.16. The number of piperidine rings is 1. The zero-order valence-electron chi connectivity index (χ0n) is 16.4. The number of benzene rings is 1. The van der Waals surface area contributed by atoms with Gasteiger partial charge in [0.25, 0.3) is 10.0 Å². The van der Waals surface area contributed by atoms with E-state index in [-0.39, 0.29) is 17.9 Å². The second-order valence-corrected chi connectivity index (χ2v) is 12.0. The highest BCUT2D eigenvalue weighted by Gasteiger charge is 2.38. The number of fused-ring (bicyclic) bond motifs is 1. The Morgan fingerprint density at radius 3 is 2.57 bits per heavy atom. The van der Waals surface area contributed by atoms with Crippen molar-refractivity contribution in [3.8, 4) is 0 Å². The molecule has 0 radical (unpaired) electrons. The Morgan fingerprint density at radius 2 is 1.83 bits per heavy atom. The molecule has 2 saturated heterocycles. The third kappa shape index (κ3) is 3.57. The van der Waals surface area contributed by atoms with E-state index in [4.69, 9.17) is 4.98 Å². The number of aromatic nitrogens is 1. The molecule has 30 heavy (non-hydrogen) atoms. The first-order valence-corrected chi connectivity index (χ1v) is 13.4. The first-order chi connectivity index (χ1) is 14.5. The Morgan fingerprint density at radius 1 is 1.03 bits per heavy atom. The highest BCUT2D eigenvalue weighted by Crippen LogP contribution is 2.38. The number of thiophene rings is 1. The summed E-state index contributed by atoms with van der Waals surface area (Å²) < 4.78 is 28.5. The molecule has 2 fully saturated rings. The van der Waals surface area contributed by atoms with Crippen LogP contribution in [0, 0.1) is 5.92 Å². The van der Waals surface area contributed by atoms with Crippen LogP contribution in [0.5, 0.6) is 0 Å². The summed E-state index contributed by atoms with van der Waals surface area (Å²) in [5.74, 6) is 0.0414. The molecule has 6 nitrogen and oxygen atoms in total. The van der Waals surface area contributed by atoms with E-state index in [0.717, 1.165) is 34.6 Å². The van der Waals surface area contributed by atoms with Gasteiger partial charge in [0, 0.05) is 25.6 Å². The van der Waals surface area contributed by atoms with Crippen LogP contribution in [0.2, 0.25) is 0 Å². The van der Waals surface area contributed by atoms with Crippen molar-refractivity contribution >= 4 is 48.8 Å². The molecule has 0 aliphatic carbocycles. The van der Waals surface area contributed by atoms with Gasteiger partial charge < -0.3 is 4.90 Å². The molecule has 0 saturated carbocycles. The lowest BCUT2D eigenvalue weighted by atomic mass is 9.96. The summed E-state index contributed by atoms with van der Waals surface area (Å²) in [6, 6.07) is 11.5. The van der Waals surface area contributed by atoms with Gasteiger partial charge >= 0.3 is 0 Å². The number of carbonyl (C=O) groups is 1. The van der Waals surface area contributed by atoms with Crippen molar-refractivity contribution in [2.75, 3.05) is 19.6 Å². The van der Waals surface area contributed by atoms with Gasteiger partial charge in [0.1, 0.15) is 9.22 Å². The average molecular weight is 462 g/mol. The molecule has 3 aromatic rings. The molecule has 0 spiro atoms. The Labute approximate surface area is 184 Å². The lowest BCUT2D eigenvalue weighted by Crippen LogP contribution is -2.44. The predicted molar refractivity (Wildman–Crippen MR) is 119 cm³/mol. The first-order valence-electron chi connectivity index (χ1n) is 10.2. The maximum Gasteiger partial charge on any atom is 0.252 e. The van der Waals surface area contributed by atoms with Crippen molar-refractivity contribution < 1.29 is 13.2 Å². The molecule has 5 rings (SSSR count). The summed E-state index contributed by atoms with van der Waals surface area (Å²) in [4.78, 5) is 20.1. The summed E-state index contributed by atoms with van der Waals surface area (Å²) >= 11 is 2.91. The Kier molecular flexibility index (Phi) is 5.38. The number of sulfonamides is 1. The van der Waals surface area contributed by atoms with Crippen LogP contribution in [0.3, 0.4) is 0 Å². The van der Waals surface area contributed by atoms with Gasteiger partial charge in [-0.05, 0) is 49.3 Å². The van der Waals surface area contributed by atoms with E-state index in [0.29, 0.717) is 30.1 Å². The zero-order valence-corrected chi connectivity index (χ0v) is 18.9. The van der Waals surface area contributed by atoms with Crippen molar-refractivity contribution in [1.29, 1.82) is 0 Å². The molecule has 1 unspecified atom stereocenters. The fraction of sp³-hybridized carbons (Fsp3) is 0.429. The predicted octanol–water partition coefficient (Wildman–Crippen LogP) is 4.12. The number of likely N-dealkylation sites (tertiary alicyclic amines) is 1. The number of carbonyl (C=O) groups excluding carboxylic acids is 1. The summed E-state index contributed by atoms with van der Waals surface area (Å²) in [6.07, 6.45) is 3.08. The molecule has 2 aliphatic rings. The van der Waals surface area contributed by atoms with E-state index in [1.807, 2.05) is 23.1 Å². The van der Waals surface area contributed by atoms with Crippen molar-refractivity contribution in [3.63, 3.8) is 0 Å². The average Bonchev–Trinajstić information content (AvgIpc) is 3.53. The summed E-state index contributed by atoms with van der Waals surface area (Å²) in [7, 11) is -3.44. The Bertz CT molecular complexity index is 1120. The van der Waals surface area contributed by atoms with Crippen LogP contribution in [-0.2, 0) is 14.8 Å². The minimum Gasteiger partial charge on any atom is -0.333 e. The van der Waals surface area contributed by atoms with Crippen LogP contribution >= 0.6 is 22.7 Å². The van der Waals surface area contributed by atoms with Crippen molar-refractivity contribution in [1.82, 2.24) is 14.2 Å². The Hall–Kier alpha value is -1.81. The smallest absolute Gasteiger partial charge is 0.252 e. The van der Waals surface area contributed by atoms with Gasteiger partial charge in [0.15, 0.2) is 0 Å². The quantitative estimate of drug-likeness (QED) is 0.586. The monoisotopic (exact) mass is 461 g/mol. The highest BCUT2D eigenvalue weighted by atomic mass is 32.2. The van der Waals surface area contributed by atoms with Gasteiger partial charge in [-0.3, -0.25) is 4.79 Å².